The van der Waals surface area contributed by atoms with Crippen LogP contribution in [0.2, 0.25) is 0 Å². The summed E-state index contributed by atoms with van der Waals surface area (Å²) in [6, 6.07) is 34.2. The van der Waals surface area contributed by atoms with Crippen LogP contribution in [0.1, 0.15) is 23.6 Å². The summed E-state index contributed by atoms with van der Waals surface area (Å²) in [5.74, 6) is 0. The number of para-hydroxylation sites is 1. The number of rotatable bonds is 2. The summed E-state index contributed by atoms with van der Waals surface area (Å²) in [5.41, 5.74) is 7.85. The van der Waals surface area contributed by atoms with E-state index in [1.54, 1.807) is 0 Å². The average molecular weight is 372 g/mol. The first kappa shape index (κ1) is 16.3. The fourth-order valence-electron chi connectivity index (χ4n) is 4.86. The van der Waals surface area contributed by atoms with Crippen LogP contribution in [0, 0.1) is 0 Å². The Bertz CT molecular complexity index is 1390. The lowest BCUT2D eigenvalue weighted by Crippen LogP contribution is -2.32. The molecule has 0 radical (unpaired) electrons. The molecule has 0 amide bonds. The zero-order chi connectivity index (χ0) is 19.4. The maximum atomic E-state index is 5.17. The van der Waals surface area contributed by atoms with E-state index >= 15 is 0 Å². The predicted molar refractivity (Wildman–Crippen MR) is 121 cm³/mol. The third-order valence-corrected chi connectivity index (χ3v) is 6.26. The van der Waals surface area contributed by atoms with Crippen LogP contribution in [0.5, 0.6) is 0 Å². The molecule has 0 bridgehead atoms. The van der Waals surface area contributed by atoms with E-state index in [0.717, 1.165) is 11.4 Å². The van der Waals surface area contributed by atoms with Gasteiger partial charge in [-0.2, -0.15) is 0 Å². The minimum absolute atomic E-state index is 0.335. The average Bonchev–Trinajstić information content (AvgIpc) is 3.31. The van der Waals surface area contributed by atoms with Gasteiger partial charge in [-0.05, 0) is 30.2 Å². The van der Waals surface area contributed by atoms with Crippen molar-refractivity contribution >= 4 is 33.2 Å². The summed E-state index contributed by atoms with van der Waals surface area (Å²) in [6.45, 7) is 2.31. The molecule has 1 N–H and O–H groups in total. The van der Waals surface area contributed by atoms with Gasteiger partial charge in [0.05, 0.1) is 22.3 Å². The van der Waals surface area contributed by atoms with Crippen molar-refractivity contribution in [3.8, 4) is 0 Å². The van der Waals surface area contributed by atoms with Crippen molar-refractivity contribution in [3.63, 3.8) is 0 Å². The Balaban J connectivity index is 1.72. The molecule has 1 aliphatic heterocycles. The van der Waals surface area contributed by atoms with Gasteiger partial charge in [0, 0.05) is 21.9 Å². The van der Waals surface area contributed by atoms with Crippen molar-refractivity contribution in [2.75, 3.05) is 0 Å². The Morgan fingerprint density at radius 1 is 0.690 bits per heavy atom. The number of benzene rings is 4. The summed E-state index contributed by atoms with van der Waals surface area (Å²) in [7, 11) is 0. The lowest BCUT2D eigenvalue weighted by molar-refractivity contribution is 0.800. The molecule has 29 heavy (non-hydrogen) atoms. The summed E-state index contributed by atoms with van der Waals surface area (Å²) >= 11 is 0. The van der Waals surface area contributed by atoms with E-state index in [0.29, 0.717) is 0 Å². The normalized spacial score (nSPS) is 18.2. The lowest BCUT2D eigenvalue weighted by atomic mass is 9.71. The van der Waals surface area contributed by atoms with Gasteiger partial charge < -0.3 is 4.98 Å². The van der Waals surface area contributed by atoms with Crippen LogP contribution in [0.15, 0.2) is 102 Å². The Morgan fingerprint density at radius 2 is 1.38 bits per heavy atom. The number of fused-ring (bicyclic) bond motifs is 5. The quantitative estimate of drug-likeness (QED) is 0.354. The number of aromatic nitrogens is 1. The summed E-state index contributed by atoms with van der Waals surface area (Å²) < 4.78 is 0. The molecule has 1 unspecified atom stereocenters. The fraction of sp³-hybridized carbons (Fsp3) is 0.0741. The van der Waals surface area contributed by atoms with E-state index in [1.807, 2.05) is 0 Å². The SMILES string of the molecule is CC1(c2ccccc2)C(c2ccccc2)=Nc2ccc3c([nH]c4ccccc43)c21. The maximum absolute atomic E-state index is 5.17. The number of nitrogens with one attached hydrogen (secondary N) is 1. The number of aromatic amines is 1. The van der Waals surface area contributed by atoms with Gasteiger partial charge in [-0.1, -0.05) is 84.9 Å². The predicted octanol–water partition coefficient (Wildman–Crippen LogP) is 6.76. The molecule has 138 valence electrons. The van der Waals surface area contributed by atoms with Gasteiger partial charge in [0.15, 0.2) is 0 Å². The molecule has 1 atom stereocenters. The number of nitrogens with zero attached hydrogens (tertiary/aromatic N) is 1. The monoisotopic (exact) mass is 372 g/mol. The third kappa shape index (κ3) is 2.20. The zero-order valence-corrected chi connectivity index (χ0v) is 16.2. The molecule has 5 aromatic rings. The van der Waals surface area contributed by atoms with Crippen LogP contribution in [-0.2, 0) is 5.41 Å². The van der Waals surface area contributed by atoms with Gasteiger partial charge in [-0.25, -0.2) is 0 Å². The van der Waals surface area contributed by atoms with Gasteiger partial charge >= 0.3 is 0 Å². The first-order valence-electron chi connectivity index (χ1n) is 10.0. The standard InChI is InChI=1S/C27H20N2/c1-27(19-12-6-3-7-13-19)24-23(29-26(27)18-10-4-2-5-11-18)17-16-21-20-14-8-9-15-22(20)28-25(21)24/h2-17,28H,1H3. The Labute approximate surface area is 169 Å². The molecule has 1 aliphatic rings. The fourth-order valence-corrected chi connectivity index (χ4v) is 4.86. The molecule has 0 saturated carbocycles. The highest BCUT2D eigenvalue weighted by molar-refractivity contribution is 6.19. The molecule has 1 aromatic heterocycles. The molecule has 4 aromatic carbocycles. The number of aliphatic imine (C=N–C) groups is 1. The highest BCUT2D eigenvalue weighted by atomic mass is 14.9. The second kappa shape index (κ2) is 5.92. The zero-order valence-electron chi connectivity index (χ0n) is 16.2. The maximum Gasteiger partial charge on any atom is 0.0700 e. The largest absolute Gasteiger partial charge is 0.354 e. The molecule has 2 nitrogen and oxygen atoms in total. The number of hydrogen-bond acceptors (Lipinski definition) is 1. The number of hydrogen-bond donors (Lipinski definition) is 1. The van der Waals surface area contributed by atoms with Gasteiger partial charge in [0.25, 0.3) is 0 Å². The van der Waals surface area contributed by atoms with Gasteiger partial charge in [0.2, 0.25) is 0 Å². The van der Waals surface area contributed by atoms with Gasteiger partial charge in [-0.3, -0.25) is 4.99 Å². The second-order valence-corrected chi connectivity index (χ2v) is 7.87. The minimum atomic E-state index is -0.335. The Hall–Kier alpha value is -3.65. The van der Waals surface area contributed by atoms with Crippen molar-refractivity contribution in [1.29, 1.82) is 0 Å². The highest BCUT2D eigenvalue weighted by Gasteiger charge is 2.43. The van der Waals surface area contributed by atoms with Crippen molar-refractivity contribution in [3.05, 3.63) is 114 Å². The molecular weight excluding hydrogens is 352 g/mol. The molecule has 0 aliphatic carbocycles. The number of H-pyrrole nitrogens is 1. The molecule has 6 rings (SSSR count). The summed E-state index contributed by atoms with van der Waals surface area (Å²) in [6.07, 6.45) is 0. The van der Waals surface area contributed by atoms with Crippen LogP contribution in [-0.4, -0.2) is 10.7 Å². The van der Waals surface area contributed by atoms with Gasteiger partial charge in [0.1, 0.15) is 0 Å². The topological polar surface area (TPSA) is 28.1 Å². The van der Waals surface area contributed by atoms with E-state index < -0.39 is 0 Å². The second-order valence-electron chi connectivity index (χ2n) is 7.87. The van der Waals surface area contributed by atoms with Crippen molar-refractivity contribution in [2.45, 2.75) is 12.3 Å². The third-order valence-electron chi connectivity index (χ3n) is 6.26. The molecule has 0 fully saturated rings. The van der Waals surface area contributed by atoms with Crippen LogP contribution >= 0.6 is 0 Å². The van der Waals surface area contributed by atoms with E-state index in [-0.39, 0.29) is 5.41 Å². The van der Waals surface area contributed by atoms with Gasteiger partial charge in [-0.15, -0.1) is 0 Å². The molecule has 2 heteroatoms. The summed E-state index contributed by atoms with van der Waals surface area (Å²) in [5, 5.41) is 2.51. The van der Waals surface area contributed by atoms with E-state index in [2.05, 4.69) is 109 Å². The van der Waals surface area contributed by atoms with Crippen molar-refractivity contribution in [1.82, 2.24) is 4.98 Å². The van der Waals surface area contributed by atoms with E-state index in [4.69, 9.17) is 4.99 Å². The van der Waals surface area contributed by atoms with Crippen LogP contribution in [0.3, 0.4) is 0 Å². The van der Waals surface area contributed by atoms with Crippen molar-refractivity contribution < 1.29 is 0 Å². The van der Waals surface area contributed by atoms with Crippen LogP contribution in [0.4, 0.5) is 5.69 Å². The first-order valence-corrected chi connectivity index (χ1v) is 10.0. The minimum Gasteiger partial charge on any atom is -0.354 e. The molecular formula is C27H20N2. The first-order chi connectivity index (χ1) is 14.3. The molecule has 0 spiro atoms. The van der Waals surface area contributed by atoms with Crippen LogP contribution < -0.4 is 0 Å². The van der Waals surface area contributed by atoms with E-state index in [1.165, 1.54) is 38.5 Å². The highest BCUT2D eigenvalue weighted by Crippen LogP contribution is 2.50. The smallest absolute Gasteiger partial charge is 0.0700 e. The lowest BCUT2D eigenvalue weighted by Gasteiger charge is -2.29. The van der Waals surface area contributed by atoms with E-state index in [9.17, 15) is 0 Å². The molecule has 2 heterocycles. The Morgan fingerprint density at radius 3 is 2.17 bits per heavy atom. The van der Waals surface area contributed by atoms with Crippen molar-refractivity contribution in [2.24, 2.45) is 4.99 Å². The Kier molecular flexibility index (Phi) is 3.33. The van der Waals surface area contributed by atoms with Crippen LogP contribution in [0.25, 0.3) is 21.8 Å². The molecule has 0 saturated heterocycles. The summed E-state index contributed by atoms with van der Waals surface area (Å²) in [4.78, 5) is 8.87.